The van der Waals surface area contributed by atoms with E-state index in [1.807, 2.05) is 55.5 Å². The summed E-state index contributed by atoms with van der Waals surface area (Å²) in [4.78, 5) is 29.5. The smallest absolute Gasteiger partial charge is 0.249 e. The SMILES string of the molecule is CC(C)N1c2cc(Nc3ncc(F)c(-c4cccc5ncccc45)n3)ccc2N(C)C(=O)[C@H]1C. The lowest BCUT2D eigenvalue weighted by Gasteiger charge is -2.42. The van der Waals surface area contributed by atoms with Crippen LogP contribution in [0.1, 0.15) is 20.8 Å². The average Bonchev–Trinajstić information content (AvgIpc) is 2.83. The van der Waals surface area contributed by atoms with Crippen LogP contribution in [0.4, 0.5) is 27.4 Å². The first-order valence-corrected chi connectivity index (χ1v) is 11.2. The van der Waals surface area contributed by atoms with E-state index in [9.17, 15) is 9.18 Å². The molecule has 0 unspecified atom stereocenters. The lowest BCUT2D eigenvalue weighted by atomic mass is 10.0. The maximum absolute atomic E-state index is 14.8. The Balaban J connectivity index is 1.54. The molecule has 0 radical (unpaired) electrons. The van der Waals surface area contributed by atoms with Crippen molar-refractivity contribution in [2.24, 2.45) is 0 Å². The van der Waals surface area contributed by atoms with Gasteiger partial charge in [-0.3, -0.25) is 9.78 Å². The van der Waals surface area contributed by atoms with Crippen LogP contribution < -0.4 is 15.1 Å². The van der Waals surface area contributed by atoms with E-state index < -0.39 is 5.82 Å². The molecule has 1 aliphatic rings. The van der Waals surface area contributed by atoms with Gasteiger partial charge in [-0.05, 0) is 51.1 Å². The number of amides is 1. The minimum atomic E-state index is -0.507. The van der Waals surface area contributed by atoms with Crippen molar-refractivity contribution in [3.8, 4) is 11.3 Å². The fourth-order valence-electron chi connectivity index (χ4n) is 4.60. The maximum atomic E-state index is 14.8. The molecule has 2 aromatic carbocycles. The second kappa shape index (κ2) is 8.37. The third kappa shape index (κ3) is 3.61. The fraction of sp³-hybridized carbons (Fsp3) is 0.231. The molecule has 4 aromatic rings. The van der Waals surface area contributed by atoms with Crippen LogP contribution >= 0.6 is 0 Å². The van der Waals surface area contributed by atoms with Crippen LogP contribution in [0, 0.1) is 5.82 Å². The Morgan fingerprint density at radius 3 is 2.68 bits per heavy atom. The predicted octanol–water partition coefficient (Wildman–Crippen LogP) is 5.15. The molecule has 0 fully saturated rings. The van der Waals surface area contributed by atoms with E-state index in [2.05, 4.69) is 39.0 Å². The van der Waals surface area contributed by atoms with Crippen LogP contribution in [0.3, 0.4) is 0 Å². The van der Waals surface area contributed by atoms with Crippen molar-refractivity contribution in [1.82, 2.24) is 15.0 Å². The van der Waals surface area contributed by atoms with E-state index in [1.165, 1.54) is 6.20 Å². The number of nitrogens with zero attached hydrogens (tertiary/aromatic N) is 5. The van der Waals surface area contributed by atoms with E-state index in [4.69, 9.17) is 0 Å². The summed E-state index contributed by atoms with van der Waals surface area (Å²) in [5, 5.41) is 4.02. The van der Waals surface area contributed by atoms with E-state index >= 15 is 0 Å². The average molecular weight is 457 g/mol. The first-order chi connectivity index (χ1) is 16.3. The number of hydrogen-bond donors (Lipinski definition) is 1. The standard InChI is InChI=1S/C26H25FN6O/c1-15(2)33-16(3)25(34)32(4)22-11-10-17(13-23(22)33)30-26-29-14-20(27)24(31-26)19-7-5-9-21-18(19)8-6-12-28-21/h5-16H,1-4H3,(H,29,30,31)/t16-/m1/s1. The van der Waals surface area contributed by atoms with Gasteiger partial charge in [0.1, 0.15) is 11.7 Å². The highest BCUT2D eigenvalue weighted by Gasteiger charge is 2.35. The van der Waals surface area contributed by atoms with Gasteiger partial charge in [0, 0.05) is 35.9 Å². The summed E-state index contributed by atoms with van der Waals surface area (Å²) in [5.41, 5.74) is 4.15. The van der Waals surface area contributed by atoms with E-state index in [1.54, 1.807) is 18.1 Å². The Morgan fingerprint density at radius 2 is 1.88 bits per heavy atom. The zero-order valence-electron chi connectivity index (χ0n) is 19.5. The van der Waals surface area contributed by atoms with Crippen LogP contribution in [0.2, 0.25) is 0 Å². The lowest BCUT2D eigenvalue weighted by molar-refractivity contribution is -0.119. The van der Waals surface area contributed by atoms with Crippen LogP contribution in [0.25, 0.3) is 22.2 Å². The first-order valence-electron chi connectivity index (χ1n) is 11.2. The maximum Gasteiger partial charge on any atom is 0.249 e. The molecular formula is C26H25FN6O. The number of aromatic nitrogens is 3. The van der Waals surface area contributed by atoms with E-state index in [0.717, 1.165) is 28.0 Å². The Kier molecular flexibility index (Phi) is 5.36. The lowest BCUT2D eigenvalue weighted by Crippen LogP contribution is -2.53. The van der Waals surface area contributed by atoms with Crippen molar-refractivity contribution in [2.75, 3.05) is 22.2 Å². The first kappa shape index (κ1) is 21.8. The number of fused-ring (bicyclic) bond motifs is 2. The number of carbonyl (C=O) groups is 1. The Hall–Kier alpha value is -4.07. The Morgan fingerprint density at radius 1 is 1.06 bits per heavy atom. The highest BCUT2D eigenvalue weighted by molar-refractivity contribution is 6.05. The number of carbonyl (C=O) groups excluding carboxylic acids is 1. The second-order valence-corrected chi connectivity index (χ2v) is 8.67. The fourth-order valence-corrected chi connectivity index (χ4v) is 4.60. The predicted molar refractivity (Wildman–Crippen MR) is 133 cm³/mol. The second-order valence-electron chi connectivity index (χ2n) is 8.67. The van der Waals surface area contributed by atoms with Crippen LogP contribution in [0.5, 0.6) is 0 Å². The summed E-state index contributed by atoms with van der Waals surface area (Å²) in [6.07, 6.45) is 2.88. The number of pyridine rings is 1. The topological polar surface area (TPSA) is 74.2 Å². The molecular weight excluding hydrogens is 431 g/mol. The highest BCUT2D eigenvalue weighted by Crippen LogP contribution is 2.39. The number of nitrogens with one attached hydrogen (secondary N) is 1. The van der Waals surface area contributed by atoms with Gasteiger partial charge in [0.05, 0.1) is 23.1 Å². The van der Waals surface area contributed by atoms with Gasteiger partial charge in [-0.2, -0.15) is 0 Å². The summed E-state index contributed by atoms with van der Waals surface area (Å²) in [7, 11) is 1.79. The molecule has 5 rings (SSSR count). The molecule has 1 atom stereocenters. The van der Waals surface area contributed by atoms with Crippen molar-refractivity contribution in [3.63, 3.8) is 0 Å². The van der Waals surface area contributed by atoms with Crippen LogP contribution in [-0.2, 0) is 4.79 Å². The van der Waals surface area contributed by atoms with Gasteiger partial charge >= 0.3 is 0 Å². The van der Waals surface area contributed by atoms with Crippen molar-refractivity contribution in [2.45, 2.75) is 32.9 Å². The van der Waals surface area contributed by atoms with E-state index in [0.29, 0.717) is 5.56 Å². The van der Waals surface area contributed by atoms with Gasteiger partial charge in [0.25, 0.3) is 0 Å². The number of halogens is 1. The molecule has 34 heavy (non-hydrogen) atoms. The molecule has 1 aliphatic heterocycles. The number of benzene rings is 2. The summed E-state index contributed by atoms with van der Waals surface area (Å²) >= 11 is 0. The minimum absolute atomic E-state index is 0.0537. The molecule has 0 bridgehead atoms. The normalized spacial score (nSPS) is 15.7. The molecule has 1 amide bonds. The third-order valence-corrected chi connectivity index (χ3v) is 6.18. The number of rotatable bonds is 4. The molecule has 1 N–H and O–H groups in total. The van der Waals surface area contributed by atoms with Crippen molar-refractivity contribution in [3.05, 3.63) is 66.7 Å². The van der Waals surface area contributed by atoms with Gasteiger partial charge in [0.15, 0.2) is 5.82 Å². The van der Waals surface area contributed by atoms with Crippen LogP contribution in [-0.4, -0.2) is 40.0 Å². The highest BCUT2D eigenvalue weighted by atomic mass is 19.1. The number of likely N-dealkylation sites (N-methyl/N-ethyl adjacent to an activating group) is 1. The van der Waals surface area contributed by atoms with Gasteiger partial charge in [0.2, 0.25) is 11.9 Å². The van der Waals surface area contributed by atoms with Crippen molar-refractivity contribution < 1.29 is 9.18 Å². The molecule has 0 spiro atoms. The van der Waals surface area contributed by atoms with Crippen molar-refractivity contribution in [1.29, 1.82) is 0 Å². The Bertz CT molecular complexity index is 1400. The Labute approximate surface area is 197 Å². The van der Waals surface area contributed by atoms with Gasteiger partial charge in [-0.15, -0.1) is 0 Å². The van der Waals surface area contributed by atoms with E-state index in [-0.39, 0.29) is 29.6 Å². The molecule has 0 saturated carbocycles. The van der Waals surface area contributed by atoms with Crippen molar-refractivity contribution >= 4 is 39.8 Å². The zero-order chi connectivity index (χ0) is 24.0. The van der Waals surface area contributed by atoms with Gasteiger partial charge < -0.3 is 15.1 Å². The third-order valence-electron chi connectivity index (χ3n) is 6.18. The largest absolute Gasteiger partial charge is 0.356 e. The quantitative estimate of drug-likeness (QED) is 0.458. The summed E-state index contributed by atoms with van der Waals surface area (Å²) < 4.78 is 14.8. The molecule has 0 saturated heterocycles. The molecule has 7 nitrogen and oxygen atoms in total. The number of hydrogen-bond acceptors (Lipinski definition) is 6. The monoisotopic (exact) mass is 456 g/mol. The molecule has 172 valence electrons. The van der Waals surface area contributed by atoms with Gasteiger partial charge in [-0.25, -0.2) is 14.4 Å². The summed E-state index contributed by atoms with van der Waals surface area (Å²) in [6, 6.07) is 14.9. The molecule has 3 heterocycles. The minimum Gasteiger partial charge on any atom is -0.356 e. The summed E-state index contributed by atoms with van der Waals surface area (Å²) in [6.45, 7) is 6.04. The number of anilines is 4. The molecule has 0 aliphatic carbocycles. The summed E-state index contributed by atoms with van der Waals surface area (Å²) in [5.74, 6) is -0.174. The van der Waals surface area contributed by atoms with Gasteiger partial charge in [-0.1, -0.05) is 18.2 Å². The van der Waals surface area contributed by atoms with Crippen LogP contribution in [0.15, 0.2) is 60.9 Å². The zero-order valence-corrected chi connectivity index (χ0v) is 19.5. The molecule has 2 aromatic heterocycles. The molecule has 8 heteroatoms.